The summed E-state index contributed by atoms with van der Waals surface area (Å²) in [6, 6.07) is 15.0. The lowest BCUT2D eigenvalue weighted by molar-refractivity contribution is -0.117. The molecule has 0 fully saturated rings. The Kier molecular flexibility index (Phi) is 3.85. The van der Waals surface area contributed by atoms with Crippen LogP contribution in [0.1, 0.15) is 34.0 Å². The fourth-order valence-corrected chi connectivity index (χ4v) is 3.35. The molecule has 3 heteroatoms. The second-order valence-corrected chi connectivity index (χ2v) is 6.39. The first-order chi connectivity index (χ1) is 10.1. The Labute approximate surface area is 133 Å². The zero-order chi connectivity index (χ0) is 15.0. The molecule has 0 saturated heterocycles. The number of anilines is 1. The molecule has 1 aliphatic heterocycles. The number of fused-ring (bicyclic) bond motifs is 1. The van der Waals surface area contributed by atoms with Crippen molar-refractivity contribution in [3.63, 3.8) is 0 Å². The first-order valence-corrected chi connectivity index (χ1v) is 8.14. The van der Waals surface area contributed by atoms with E-state index in [1.54, 1.807) is 4.90 Å². The van der Waals surface area contributed by atoms with Crippen LogP contribution in [-0.2, 0) is 17.6 Å². The fraction of sp³-hybridized carbons (Fsp3) is 0.278. The lowest BCUT2D eigenvalue weighted by Gasteiger charge is -2.14. The molecule has 1 heterocycles. The first kappa shape index (κ1) is 14.3. The third-order valence-corrected chi connectivity index (χ3v) is 5.21. The molecular formula is C18H18BrNO. The predicted molar refractivity (Wildman–Crippen MR) is 90.1 cm³/mol. The van der Waals surface area contributed by atoms with Crippen molar-refractivity contribution in [1.29, 1.82) is 0 Å². The third-order valence-electron chi connectivity index (χ3n) is 4.15. The molecule has 108 valence electrons. The molecular weight excluding hydrogens is 326 g/mol. The number of carbonyl (C=O) groups is 1. The van der Waals surface area contributed by atoms with Gasteiger partial charge in [0.15, 0.2) is 0 Å². The molecule has 1 amide bonds. The molecule has 0 aliphatic carbocycles. The van der Waals surface area contributed by atoms with E-state index in [2.05, 4.69) is 59.3 Å². The number of rotatable bonds is 3. The lowest BCUT2D eigenvalue weighted by Crippen LogP contribution is -2.20. The van der Waals surface area contributed by atoms with E-state index >= 15 is 0 Å². The smallest absolute Gasteiger partial charge is 0.231 e. The number of hydrogen-bond donors (Lipinski definition) is 0. The SMILES string of the molecule is CCc1ccc(C(Br)c2ccc3c(c2)CC(=O)N3C)cc1. The maximum Gasteiger partial charge on any atom is 0.231 e. The van der Waals surface area contributed by atoms with Crippen molar-refractivity contribution in [2.75, 3.05) is 11.9 Å². The van der Waals surface area contributed by atoms with Crippen LogP contribution in [0.4, 0.5) is 5.69 Å². The van der Waals surface area contributed by atoms with Gasteiger partial charge in [0.2, 0.25) is 5.91 Å². The highest BCUT2D eigenvalue weighted by molar-refractivity contribution is 9.09. The maximum absolute atomic E-state index is 11.8. The Hall–Kier alpha value is -1.61. The average Bonchev–Trinajstić information content (AvgIpc) is 2.81. The maximum atomic E-state index is 11.8. The summed E-state index contributed by atoms with van der Waals surface area (Å²) in [6.45, 7) is 2.16. The van der Waals surface area contributed by atoms with Crippen LogP contribution in [0.5, 0.6) is 0 Å². The van der Waals surface area contributed by atoms with Crippen molar-refractivity contribution in [3.8, 4) is 0 Å². The van der Waals surface area contributed by atoms with Gasteiger partial charge < -0.3 is 4.90 Å². The summed E-state index contributed by atoms with van der Waals surface area (Å²) < 4.78 is 0. The Morgan fingerprint density at radius 2 is 1.81 bits per heavy atom. The summed E-state index contributed by atoms with van der Waals surface area (Å²) in [5, 5.41) is 0. The van der Waals surface area contributed by atoms with Crippen LogP contribution in [0.25, 0.3) is 0 Å². The second-order valence-electron chi connectivity index (χ2n) is 5.48. The van der Waals surface area contributed by atoms with Crippen LogP contribution in [0.3, 0.4) is 0 Å². The van der Waals surface area contributed by atoms with E-state index in [-0.39, 0.29) is 10.7 Å². The number of halogens is 1. The summed E-state index contributed by atoms with van der Waals surface area (Å²) in [4.78, 5) is 13.7. The summed E-state index contributed by atoms with van der Waals surface area (Å²) >= 11 is 3.78. The van der Waals surface area contributed by atoms with Gasteiger partial charge in [0, 0.05) is 12.7 Å². The number of carbonyl (C=O) groups excluding carboxylic acids is 1. The standard InChI is InChI=1S/C18H18BrNO/c1-3-12-4-6-13(7-5-12)18(19)14-8-9-16-15(10-14)11-17(21)20(16)2/h4-10,18H,3,11H2,1-2H3. The minimum atomic E-state index is 0.162. The second kappa shape index (κ2) is 5.64. The number of hydrogen-bond acceptors (Lipinski definition) is 1. The third kappa shape index (κ3) is 2.62. The molecule has 0 spiro atoms. The van der Waals surface area contributed by atoms with Crippen molar-refractivity contribution in [2.24, 2.45) is 0 Å². The van der Waals surface area contributed by atoms with E-state index in [0.29, 0.717) is 6.42 Å². The van der Waals surface area contributed by atoms with Crippen LogP contribution >= 0.6 is 15.9 Å². The molecule has 1 aliphatic rings. The number of likely N-dealkylation sites (N-methyl/N-ethyl adjacent to an activating group) is 1. The number of benzene rings is 2. The van der Waals surface area contributed by atoms with Crippen molar-refractivity contribution in [3.05, 3.63) is 64.7 Å². The zero-order valence-corrected chi connectivity index (χ0v) is 13.9. The monoisotopic (exact) mass is 343 g/mol. The highest BCUT2D eigenvalue weighted by Gasteiger charge is 2.24. The molecule has 1 atom stereocenters. The van der Waals surface area contributed by atoms with Gasteiger partial charge >= 0.3 is 0 Å². The van der Waals surface area contributed by atoms with Crippen LogP contribution in [0.15, 0.2) is 42.5 Å². The average molecular weight is 344 g/mol. The predicted octanol–water partition coefficient (Wildman–Crippen LogP) is 4.25. The van der Waals surface area contributed by atoms with Gasteiger partial charge in [-0.2, -0.15) is 0 Å². The lowest BCUT2D eigenvalue weighted by atomic mass is 10.00. The van der Waals surface area contributed by atoms with Crippen molar-refractivity contribution in [1.82, 2.24) is 0 Å². The molecule has 2 nitrogen and oxygen atoms in total. The van der Waals surface area contributed by atoms with E-state index in [4.69, 9.17) is 0 Å². The zero-order valence-electron chi connectivity index (χ0n) is 12.3. The number of nitrogens with zero attached hydrogens (tertiary/aromatic N) is 1. The van der Waals surface area contributed by atoms with Crippen molar-refractivity contribution >= 4 is 27.5 Å². The Bertz CT molecular complexity index is 678. The van der Waals surface area contributed by atoms with Crippen molar-refractivity contribution < 1.29 is 4.79 Å². The van der Waals surface area contributed by atoms with Gasteiger partial charge in [-0.05, 0) is 34.7 Å². The van der Waals surface area contributed by atoms with E-state index in [0.717, 1.165) is 17.7 Å². The largest absolute Gasteiger partial charge is 0.315 e. The summed E-state index contributed by atoms with van der Waals surface area (Å²) in [6.07, 6.45) is 1.56. The molecule has 1 unspecified atom stereocenters. The molecule has 0 N–H and O–H groups in total. The number of aryl methyl sites for hydroxylation is 1. The van der Waals surface area contributed by atoms with E-state index in [1.165, 1.54) is 16.7 Å². The summed E-state index contributed by atoms with van der Waals surface area (Å²) in [7, 11) is 1.84. The molecule has 0 aromatic heterocycles. The summed E-state index contributed by atoms with van der Waals surface area (Å²) in [5.41, 5.74) is 5.94. The van der Waals surface area contributed by atoms with Crippen LogP contribution in [0.2, 0.25) is 0 Å². The van der Waals surface area contributed by atoms with Gasteiger partial charge in [-0.15, -0.1) is 0 Å². The highest BCUT2D eigenvalue weighted by Crippen LogP contribution is 2.35. The van der Waals surface area contributed by atoms with Gasteiger partial charge in [0.1, 0.15) is 0 Å². The van der Waals surface area contributed by atoms with E-state index < -0.39 is 0 Å². The van der Waals surface area contributed by atoms with Crippen LogP contribution < -0.4 is 4.90 Å². The van der Waals surface area contributed by atoms with Gasteiger partial charge in [-0.25, -0.2) is 0 Å². The molecule has 21 heavy (non-hydrogen) atoms. The van der Waals surface area contributed by atoms with Crippen LogP contribution in [-0.4, -0.2) is 13.0 Å². The molecule has 0 saturated carbocycles. The van der Waals surface area contributed by atoms with Gasteiger partial charge in [0.25, 0.3) is 0 Å². The normalized spacial score (nSPS) is 15.2. The summed E-state index contributed by atoms with van der Waals surface area (Å²) in [5.74, 6) is 0.167. The highest BCUT2D eigenvalue weighted by atomic mass is 79.9. The Morgan fingerprint density at radius 1 is 1.14 bits per heavy atom. The van der Waals surface area contributed by atoms with Crippen molar-refractivity contribution in [2.45, 2.75) is 24.6 Å². The number of alkyl halides is 1. The van der Waals surface area contributed by atoms with Crippen LogP contribution in [0, 0.1) is 0 Å². The molecule has 2 aromatic carbocycles. The Morgan fingerprint density at radius 3 is 2.48 bits per heavy atom. The fourth-order valence-electron chi connectivity index (χ4n) is 2.76. The first-order valence-electron chi connectivity index (χ1n) is 7.22. The molecule has 0 bridgehead atoms. The topological polar surface area (TPSA) is 20.3 Å². The Balaban J connectivity index is 1.90. The molecule has 0 radical (unpaired) electrons. The molecule has 2 aromatic rings. The minimum absolute atomic E-state index is 0.162. The molecule has 3 rings (SSSR count). The minimum Gasteiger partial charge on any atom is -0.315 e. The van der Waals surface area contributed by atoms with E-state index in [1.807, 2.05) is 13.1 Å². The quantitative estimate of drug-likeness (QED) is 0.762. The van der Waals surface area contributed by atoms with Gasteiger partial charge in [-0.1, -0.05) is 59.3 Å². The number of amides is 1. The van der Waals surface area contributed by atoms with Gasteiger partial charge in [0.05, 0.1) is 11.2 Å². The van der Waals surface area contributed by atoms with E-state index in [9.17, 15) is 4.79 Å². The van der Waals surface area contributed by atoms with Gasteiger partial charge in [-0.3, -0.25) is 4.79 Å².